The van der Waals surface area contributed by atoms with Gasteiger partial charge in [0, 0.05) is 28.0 Å². The van der Waals surface area contributed by atoms with E-state index in [1.54, 1.807) is 18.3 Å². The Morgan fingerprint density at radius 3 is 2.96 bits per heavy atom. The van der Waals surface area contributed by atoms with Crippen LogP contribution < -0.4 is 10.6 Å². The number of benzene rings is 1. The third-order valence-corrected chi connectivity index (χ3v) is 5.29. The predicted octanol–water partition coefficient (Wildman–Crippen LogP) is 4.18. The maximum Gasteiger partial charge on any atom is 0.339 e. The predicted molar refractivity (Wildman–Crippen MR) is 106 cm³/mol. The van der Waals surface area contributed by atoms with Crippen LogP contribution in [0.15, 0.2) is 28.9 Å². The molecule has 1 saturated carbocycles. The molecule has 0 radical (unpaired) electrons. The SMILES string of the molecule is COC(=O)c1cc(Nc2ncc(C)c(N[C@H]3CCC[C@@H]3C#N)n2)ccc1Br. The number of carbonyl (C=O) groups excluding carboxylic acids is 1. The molecule has 0 amide bonds. The second-order valence-electron chi connectivity index (χ2n) is 6.45. The Morgan fingerprint density at radius 2 is 2.22 bits per heavy atom. The maximum atomic E-state index is 11.8. The normalized spacial score (nSPS) is 18.6. The highest BCUT2D eigenvalue weighted by Gasteiger charge is 2.27. The number of nitriles is 1. The largest absolute Gasteiger partial charge is 0.465 e. The van der Waals surface area contributed by atoms with Crippen LogP contribution in [-0.2, 0) is 4.74 Å². The fourth-order valence-electron chi connectivity index (χ4n) is 3.11. The number of carbonyl (C=O) groups is 1. The molecule has 2 aromatic rings. The molecule has 1 aliphatic carbocycles. The van der Waals surface area contributed by atoms with Crippen molar-refractivity contribution < 1.29 is 9.53 Å². The first-order valence-electron chi connectivity index (χ1n) is 8.66. The van der Waals surface area contributed by atoms with Gasteiger partial charge in [-0.05, 0) is 60.3 Å². The summed E-state index contributed by atoms with van der Waals surface area (Å²) in [4.78, 5) is 20.7. The van der Waals surface area contributed by atoms with Crippen molar-refractivity contribution in [3.63, 3.8) is 0 Å². The Morgan fingerprint density at radius 1 is 1.41 bits per heavy atom. The molecule has 0 bridgehead atoms. The average molecular weight is 430 g/mol. The van der Waals surface area contributed by atoms with E-state index in [2.05, 4.69) is 42.6 Å². The zero-order chi connectivity index (χ0) is 19.4. The van der Waals surface area contributed by atoms with Gasteiger partial charge in [-0.15, -0.1) is 0 Å². The molecule has 1 aromatic carbocycles. The number of nitrogens with zero attached hydrogens (tertiary/aromatic N) is 3. The van der Waals surface area contributed by atoms with Gasteiger partial charge in [0.15, 0.2) is 0 Å². The average Bonchev–Trinajstić information content (AvgIpc) is 3.12. The van der Waals surface area contributed by atoms with E-state index in [9.17, 15) is 10.1 Å². The molecule has 0 aliphatic heterocycles. The molecule has 1 heterocycles. The van der Waals surface area contributed by atoms with Crippen LogP contribution in [-0.4, -0.2) is 29.1 Å². The molecule has 1 aliphatic rings. The molecular formula is C19H20BrN5O2. The maximum absolute atomic E-state index is 11.8. The van der Waals surface area contributed by atoms with Crippen LogP contribution in [0.3, 0.4) is 0 Å². The van der Waals surface area contributed by atoms with Gasteiger partial charge >= 0.3 is 5.97 Å². The van der Waals surface area contributed by atoms with Gasteiger partial charge in [-0.2, -0.15) is 10.2 Å². The van der Waals surface area contributed by atoms with Crippen LogP contribution in [0.4, 0.5) is 17.5 Å². The van der Waals surface area contributed by atoms with Crippen molar-refractivity contribution in [2.24, 2.45) is 5.92 Å². The van der Waals surface area contributed by atoms with Crippen LogP contribution in [0.5, 0.6) is 0 Å². The number of nitrogens with one attached hydrogen (secondary N) is 2. The minimum Gasteiger partial charge on any atom is -0.465 e. The third kappa shape index (κ3) is 4.37. The lowest BCUT2D eigenvalue weighted by Gasteiger charge is -2.18. The number of rotatable bonds is 5. The van der Waals surface area contributed by atoms with Gasteiger partial charge in [0.2, 0.25) is 5.95 Å². The van der Waals surface area contributed by atoms with Crippen molar-refractivity contribution in [1.82, 2.24) is 9.97 Å². The number of halogens is 1. The smallest absolute Gasteiger partial charge is 0.339 e. The van der Waals surface area contributed by atoms with Crippen LogP contribution in [0.25, 0.3) is 0 Å². The first-order valence-corrected chi connectivity index (χ1v) is 9.45. The molecule has 0 unspecified atom stereocenters. The number of hydrogen-bond acceptors (Lipinski definition) is 7. The Hall–Kier alpha value is -2.66. The molecule has 8 heteroatoms. The minimum atomic E-state index is -0.429. The molecule has 1 aromatic heterocycles. The molecule has 7 nitrogen and oxygen atoms in total. The number of methoxy groups -OCH3 is 1. The zero-order valence-electron chi connectivity index (χ0n) is 15.1. The van der Waals surface area contributed by atoms with Crippen LogP contribution in [0, 0.1) is 24.2 Å². The fourth-order valence-corrected chi connectivity index (χ4v) is 3.52. The van der Waals surface area contributed by atoms with Gasteiger partial charge in [0.05, 0.1) is 24.7 Å². The summed E-state index contributed by atoms with van der Waals surface area (Å²) in [5, 5.41) is 15.8. The van der Waals surface area contributed by atoms with E-state index < -0.39 is 5.97 Å². The molecule has 0 spiro atoms. The second kappa shape index (κ2) is 8.35. The highest BCUT2D eigenvalue weighted by molar-refractivity contribution is 9.10. The Balaban J connectivity index is 1.80. The molecular weight excluding hydrogens is 410 g/mol. The van der Waals surface area contributed by atoms with Gasteiger partial charge in [0.25, 0.3) is 0 Å². The summed E-state index contributed by atoms with van der Waals surface area (Å²) in [6.07, 6.45) is 4.65. The van der Waals surface area contributed by atoms with Gasteiger partial charge in [-0.3, -0.25) is 0 Å². The monoisotopic (exact) mass is 429 g/mol. The quantitative estimate of drug-likeness (QED) is 0.687. The lowest BCUT2D eigenvalue weighted by atomic mass is 10.1. The molecule has 1 fully saturated rings. The molecule has 2 N–H and O–H groups in total. The van der Waals surface area contributed by atoms with Gasteiger partial charge in [-0.25, -0.2) is 9.78 Å². The fraction of sp³-hybridized carbons (Fsp3) is 0.368. The lowest BCUT2D eigenvalue weighted by Crippen LogP contribution is -2.24. The van der Waals surface area contributed by atoms with Crippen molar-refractivity contribution in [3.05, 3.63) is 40.0 Å². The van der Waals surface area contributed by atoms with Gasteiger partial charge in [0.1, 0.15) is 5.82 Å². The standard InChI is InChI=1S/C19H20BrN5O2/c1-11-10-22-19(25-17(11)24-16-5-3-4-12(16)9-21)23-13-6-7-15(20)14(8-13)18(26)27-2/h6-8,10,12,16H,3-5H2,1-2H3,(H2,22,23,24,25)/t12-,16+/m1/s1. The van der Waals surface area contributed by atoms with Crippen molar-refractivity contribution in [2.75, 3.05) is 17.7 Å². The Kier molecular flexibility index (Phi) is 5.91. The number of aryl methyl sites for hydroxylation is 1. The zero-order valence-corrected chi connectivity index (χ0v) is 16.7. The molecule has 140 valence electrons. The topological polar surface area (TPSA) is 99.9 Å². The van der Waals surface area contributed by atoms with E-state index >= 15 is 0 Å². The summed E-state index contributed by atoms with van der Waals surface area (Å²) in [5.41, 5.74) is 2.00. The number of ether oxygens (including phenoxy) is 1. The Bertz CT molecular complexity index is 896. The first kappa shape index (κ1) is 19.1. The van der Waals surface area contributed by atoms with E-state index in [1.165, 1.54) is 7.11 Å². The van der Waals surface area contributed by atoms with E-state index in [0.717, 1.165) is 24.8 Å². The molecule has 27 heavy (non-hydrogen) atoms. The second-order valence-corrected chi connectivity index (χ2v) is 7.31. The highest BCUT2D eigenvalue weighted by atomic mass is 79.9. The number of hydrogen-bond donors (Lipinski definition) is 2. The summed E-state index contributed by atoms with van der Waals surface area (Å²) >= 11 is 3.34. The van der Waals surface area contributed by atoms with Gasteiger partial charge in [-0.1, -0.05) is 0 Å². The summed E-state index contributed by atoms with van der Waals surface area (Å²) in [6.45, 7) is 1.93. The van der Waals surface area contributed by atoms with E-state index in [4.69, 9.17) is 4.74 Å². The summed E-state index contributed by atoms with van der Waals surface area (Å²) in [5.74, 6) is 0.698. The first-order chi connectivity index (χ1) is 13.0. The summed E-state index contributed by atoms with van der Waals surface area (Å²) in [6, 6.07) is 7.72. The third-order valence-electron chi connectivity index (χ3n) is 4.60. The minimum absolute atomic E-state index is 0.00450. The highest BCUT2D eigenvalue weighted by Crippen LogP contribution is 2.29. The Labute approximate surface area is 166 Å². The van der Waals surface area contributed by atoms with Crippen molar-refractivity contribution in [2.45, 2.75) is 32.2 Å². The van der Waals surface area contributed by atoms with Crippen LogP contribution >= 0.6 is 15.9 Å². The number of esters is 1. The lowest BCUT2D eigenvalue weighted by molar-refractivity contribution is 0.0599. The van der Waals surface area contributed by atoms with Crippen LogP contribution in [0.1, 0.15) is 35.2 Å². The molecule has 3 rings (SSSR count). The van der Waals surface area contributed by atoms with Crippen molar-refractivity contribution in [3.8, 4) is 6.07 Å². The molecule has 0 saturated heterocycles. The van der Waals surface area contributed by atoms with Crippen molar-refractivity contribution in [1.29, 1.82) is 5.26 Å². The number of anilines is 3. The van der Waals surface area contributed by atoms with Gasteiger partial charge < -0.3 is 15.4 Å². The summed E-state index contributed by atoms with van der Waals surface area (Å²) in [7, 11) is 1.34. The van der Waals surface area contributed by atoms with E-state index in [-0.39, 0.29) is 12.0 Å². The van der Waals surface area contributed by atoms with E-state index in [0.29, 0.717) is 27.5 Å². The van der Waals surface area contributed by atoms with Crippen LogP contribution in [0.2, 0.25) is 0 Å². The van der Waals surface area contributed by atoms with E-state index in [1.807, 2.05) is 13.0 Å². The summed E-state index contributed by atoms with van der Waals surface area (Å²) < 4.78 is 5.44. The molecule has 2 atom stereocenters. The number of aromatic nitrogens is 2. The van der Waals surface area contributed by atoms with Crippen molar-refractivity contribution >= 4 is 39.4 Å².